The van der Waals surface area contributed by atoms with Crippen molar-refractivity contribution in [2.24, 2.45) is 0 Å². The van der Waals surface area contributed by atoms with Crippen LogP contribution >= 0.6 is 11.3 Å². The molecule has 2 aliphatic heterocycles. The van der Waals surface area contributed by atoms with Crippen LogP contribution in [0.5, 0.6) is 0 Å². The normalized spacial score (nSPS) is 19.5. The lowest BCUT2D eigenvalue weighted by Crippen LogP contribution is -2.52. The zero-order valence-corrected chi connectivity index (χ0v) is 15.7. The summed E-state index contributed by atoms with van der Waals surface area (Å²) in [6.45, 7) is 6.53. The summed E-state index contributed by atoms with van der Waals surface area (Å²) < 4.78 is 0. The van der Waals surface area contributed by atoms with E-state index in [4.69, 9.17) is 19.8 Å². The first kappa shape index (κ1) is 20.3. The maximum absolute atomic E-state index is 12.3. The van der Waals surface area contributed by atoms with Gasteiger partial charge in [0.2, 0.25) is 0 Å². The van der Waals surface area contributed by atoms with Crippen molar-refractivity contribution in [2.45, 2.75) is 18.9 Å². The topological polar surface area (TPSA) is 101 Å². The molecule has 2 saturated heterocycles. The molecule has 26 heavy (non-hydrogen) atoms. The van der Waals surface area contributed by atoms with Gasteiger partial charge in [-0.1, -0.05) is 6.07 Å². The van der Waals surface area contributed by atoms with E-state index in [-0.39, 0.29) is 5.91 Å². The fourth-order valence-corrected chi connectivity index (χ4v) is 3.87. The highest BCUT2D eigenvalue weighted by Gasteiger charge is 2.28. The summed E-state index contributed by atoms with van der Waals surface area (Å²) in [5.74, 6) is -3.43. The molecule has 0 spiro atoms. The summed E-state index contributed by atoms with van der Waals surface area (Å²) in [5, 5.41) is 16.8. The number of aliphatic carboxylic acids is 2. The lowest BCUT2D eigenvalue weighted by Gasteiger charge is -2.42. The molecule has 3 rings (SSSR count). The summed E-state index contributed by atoms with van der Waals surface area (Å²) in [7, 11) is 2.19. The first-order chi connectivity index (χ1) is 12.4. The Balaban J connectivity index is 0.000000352. The minimum absolute atomic E-state index is 0.219. The van der Waals surface area contributed by atoms with Crippen LogP contribution in [0, 0.1) is 0 Å². The lowest BCUT2D eigenvalue weighted by molar-refractivity contribution is -0.159. The number of piperidine rings is 1. The summed E-state index contributed by atoms with van der Waals surface area (Å²) in [4.78, 5) is 38.4. The molecule has 0 radical (unpaired) electrons. The molecule has 9 heteroatoms. The van der Waals surface area contributed by atoms with E-state index in [1.807, 2.05) is 22.4 Å². The monoisotopic (exact) mass is 383 g/mol. The fraction of sp³-hybridized carbons (Fsp3) is 0.588. The smallest absolute Gasteiger partial charge is 0.414 e. The Morgan fingerprint density at radius 2 is 1.58 bits per heavy atom. The third-order valence-corrected chi connectivity index (χ3v) is 5.58. The van der Waals surface area contributed by atoms with E-state index < -0.39 is 11.9 Å². The second kappa shape index (κ2) is 9.65. The molecule has 2 N–H and O–H groups in total. The number of likely N-dealkylation sites (N-methyl/N-ethyl adjacent to an activating group) is 1. The number of rotatable bonds is 2. The average molecular weight is 383 g/mol. The van der Waals surface area contributed by atoms with Crippen molar-refractivity contribution in [1.82, 2.24) is 14.7 Å². The van der Waals surface area contributed by atoms with Crippen molar-refractivity contribution >= 4 is 29.2 Å². The first-order valence-corrected chi connectivity index (χ1v) is 9.48. The number of nitrogens with zero attached hydrogens (tertiary/aromatic N) is 3. The number of thiophene rings is 1. The molecule has 0 aromatic carbocycles. The summed E-state index contributed by atoms with van der Waals surface area (Å²) in [5.41, 5.74) is 0. The molecule has 0 saturated carbocycles. The van der Waals surface area contributed by atoms with Crippen LogP contribution in [0.4, 0.5) is 0 Å². The quantitative estimate of drug-likeness (QED) is 0.727. The van der Waals surface area contributed by atoms with E-state index in [1.54, 1.807) is 11.3 Å². The Kier molecular flexibility index (Phi) is 7.55. The third-order valence-electron chi connectivity index (χ3n) is 4.72. The zero-order valence-electron chi connectivity index (χ0n) is 14.8. The SMILES string of the molecule is CN1CCN(C2CCN(C(=O)c3cccs3)CC2)CC1.O=C(O)C(=O)O. The van der Waals surface area contributed by atoms with Gasteiger partial charge in [0, 0.05) is 45.3 Å². The Hall–Kier alpha value is -1.97. The number of carbonyl (C=O) groups is 3. The molecule has 2 fully saturated rings. The van der Waals surface area contributed by atoms with Gasteiger partial charge in [-0.3, -0.25) is 9.69 Å². The van der Waals surface area contributed by atoms with Crippen molar-refractivity contribution in [2.75, 3.05) is 46.3 Å². The molecule has 0 unspecified atom stereocenters. The van der Waals surface area contributed by atoms with Crippen molar-refractivity contribution in [3.8, 4) is 0 Å². The summed E-state index contributed by atoms with van der Waals surface area (Å²) in [6.07, 6.45) is 2.25. The molecule has 2 aliphatic rings. The molecule has 1 amide bonds. The standard InChI is InChI=1S/C15H23N3OS.C2H2O4/c1-16-8-10-17(11-9-16)13-4-6-18(7-5-13)15(19)14-3-2-12-20-14;3-1(4)2(5)6/h2-3,12-13H,4-11H2,1H3;(H,3,4)(H,5,6). The summed E-state index contributed by atoms with van der Waals surface area (Å²) in [6, 6.07) is 4.56. The third kappa shape index (κ3) is 5.79. The molecule has 0 atom stereocenters. The van der Waals surface area contributed by atoms with Gasteiger partial charge < -0.3 is 20.0 Å². The molecule has 8 nitrogen and oxygen atoms in total. The number of carboxylic acids is 2. The van der Waals surface area contributed by atoms with Gasteiger partial charge in [0.25, 0.3) is 5.91 Å². The van der Waals surface area contributed by atoms with E-state index in [2.05, 4.69) is 16.8 Å². The van der Waals surface area contributed by atoms with Gasteiger partial charge in [0.05, 0.1) is 4.88 Å². The molecular weight excluding hydrogens is 358 g/mol. The number of piperazine rings is 1. The highest BCUT2D eigenvalue weighted by molar-refractivity contribution is 7.12. The number of likely N-dealkylation sites (tertiary alicyclic amines) is 1. The van der Waals surface area contributed by atoms with E-state index in [0.29, 0.717) is 6.04 Å². The molecule has 3 heterocycles. The molecule has 1 aromatic rings. The first-order valence-electron chi connectivity index (χ1n) is 8.60. The minimum Gasteiger partial charge on any atom is -0.473 e. The predicted molar refractivity (Wildman–Crippen MR) is 97.6 cm³/mol. The number of hydrogen-bond donors (Lipinski definition) is 2. The van der Waals surface area contributed by atoms with Gasteiger partial charge >= 0.3 is 11.9 Å². The Morgan fingerprint density at radius 1 is 1.00 bits per heavy atom. The largest absolute Gasteiger partial charge is 0.473 e. The van der Waals surface area contributed by atoms with Gasteiger partial charge in [0.1, 0.15) is 0 Å². The van der Waals surface area contributed by atoms with Crippen LogP contribution in [0.3, 0.4) is 0 Å². The predicted octanol–water partition coefficient (Wildman–Crippen LogP) is 0.756. The van der Waals surface area contributed by atoms with E-state index >= 15 is 0 Å². The zero-order chi connectivity index (χ0) is 19.1. The Labute approximate surface area is 156 Å². The number of amides is 1. The second-order valence-electron chi connectivity index (χ2n) is 6.45. The average Bonchev–Trinajstić information content (AvgIpc) is 3.17. The van der Waals surface area contributed by atoms with Crippen LogP contribution in [0.25, 0.3) is 0 Å². The van der Waals surface area contributed by atoms with Crippen LogP contribution in [0.2, 0.25) is 0 Å². The number of carboxylic acid groups (broad SMARTS) is 2. The van der Waals surface area contributed by atoms with Crippen LogP contribution in [0.1, 0.15) is 22.5 Å². The molecule has 0 bridgehead atoms. The van der Waals surface area contributed by atoms with Gasteiger partial charge in [0.15, 0.2) is 0 Å². The van der Waals surface area contributed by atoms with Crippen LogP contribution < -0.4 is 0 Å². The highest BCUT2D eigenvalue weighted by atomic mass is 32.1. The van der Waals surface area contributed by atoms with Gasteiger partial charge in [-0.05, 0) is 31.3 Å². The lowest BCUT2D eigenvalue weighted by atomic mass is 10.0. The van der Waals surface area contributed by atoms with E-state index in [0.717, 1.165) is 30.8 Å². The molecule has 1 aromatic heterocycles. The van der Waals surface area contributed by atoms with Crippen LogP contribution in [-0.4, -0.2) is 95.1 Å². The summed E-state index contributed by atoms with van der Waals surface area (Å²) >= 11 is 1.55. The number of hydrogen-bond acceptors (Lipinski definition) is 6. The Morgan fingerprint density at radius 3 is 2.04 bits per heavy atom. The van der Waals surface area contributed by atoms with Crippen molar-refractivity contribution < 1.29 is 24.6 Å². The Bertz CT molecular complexity index is 594. The van der Waals surface area contributed by atoms with E-state index in [1.165, 1.54) is 26.2 Å². The maximum atomic E-state index is 12.3. The van der Waals surface area contributed by atoms with Crippen LogP contribution in [-0.2, 0) is 9.59 Å². The van der Waals surface area contributed by atoms with Gasteiger partial charge in [-0.15, -0.1) is 11.3 Å². The van der Waals surface area contributed by atoms with Crippen molar-refractivity contribution in [1.29, 1.82) is 0 Å². The van der Waals surface area contributed by atoms with Crippen molar-refractivity contribution in [3.63, 3.8) is 0 Å². The van der Waals surface area contributed by atoms with Crippen LogP contribution in [0.15, 0.2) is 17.5 Å². The van der Waals surface area contributed by atoms with E-state index in [9.17, 15) is 4.79 Å². The number of carbonyl (C=O) groups excluding carboxylic acids is 1. The molecule has 0 aliphatic carbocycles. The highest BCUT2D eigenvalue weighted by Crippen LogP contribution is 2.21. The minimum atomic E-state index is -1.82. The fourth-order valence-electron chi connectivity index (χ4n) is 3.18. The second-order valence-corrected chi connectivity index (χ2v) is 7.40. The molecular formula is C17H25N3O5S. The molecule has 144 valence electrons. The maximum Gasteiger partial charge on any atom is 0.414 e. The van der Waals surface area contributed by atoms with Gasteiger partial charge in [-0.2, -0.15) is 0 Å². The van der Waals surface area contributed by atoms with Crippen molar-refractivity contribution in [3.05, 3.63) is 22.4 Å². The van der Waals surface area contributed by atoms with Gasteiger partial charge in [-0.25, -0.2) is 9.59 Å².